The minimum atomic E-state index is -0.711. The van der Waals surface area contributed by atoms with Crippen molar-refractivity contribution in [2.75, 3.05) is 16.8 Å². The molecule has 2 heterocycles. The zero-order chi connectivity index (χ0) is 22.6. The van der Waals surface area contributed by atoms with Crippen molar-refractivity contribution in [3.05, 3.63) is 92.2 Å². The van der Waals surface area contributed by atoms with E-state index >= 15 is 0 Å². The molecule has 3 amide bonds. The van der Waals surface area contributed by atoms with Gasteiger partial charge in [-0.2, -0.15) is 0 Å². The maximum atomic E-state index is 14.0. The van der Waals surface area contributed by atoms with Crippen LogP contribution in [-0.4, -0.2) is 18.5 Å². The number of fused-ring (bicyclic) bond motifs is 2. The van der Waals surface area contributed by atoms with E-state index in [1.54, 1.807) is 17.0 Å². The van der Waals surface area contributed by atoms with Crippen molar-refractivity contribution >= 4 is 50.8 Å². The van der Waals surface area contributed by atoms with Crippen molar-refractivity contribution in [3.8, 4) is 0 Å². The first kappa shape index (κ1) is 20.9. The van der Waals surface area contributed by atoms with Crippen LogP contribution in [0.15, 0.2) is 59.1 Å². The standard InChI is InChI=1S/C23H17BrClFN4O2/c24-11-7-15-20(21(29-22(15)31)14-9-12(26)5-6-16(14)25)18(8-11)28-23(32)30-10-17(27)13-3-1-2-4-19(13)30/h1-9,17,21H,10,27H2,(H,28,32)(H,29,31). The summed E-state index contributed by atoms with van der Waals surface area (Å²) in [5.41, 5.74) is 9.55. The zero-order valence-corrected chi connectivity index (χ0v) is 18.9. The molecule has 9 heteroatoms. The predicted octanol–water partition coefficient (Wildman–Crippen LogP) is 5.13. The molecule has 3 aromatic rings. The van der Waals surface area contributed by atoms with Gasteiger partial charge >= 0.3 is 6.03 Å². The molecule has 0 aromatic heterocycles. The Hall–Kier alpha value is -2.94. The zero-order valence-electron chi connectivity index (χ0n) is 16.5. The number of anilines is 2. The highest BCUT2D eigenvalue weighted by Crippen LogP contribution is 2.41. The van der Waals surface area contributed by atoms with Crippen LogP contribution in [0.4, 0.5) is 20.6 Å². The normalized spacial score (nSPS) is 18.9. The SMILES string of the molecule is NC1CN(C(=O)Nc2cc(Br)cc3c2C(c2cc(F)ccc2Cl)NC3=O)c2ccccc21. The van der Waals surface area contributed by atoms with Gasteiger partial charge in [0.25, 0.3) is 5.91 Å². The van der Waals surface area contributed by atoms with E-state index in [-0.39, 0.29) is 18.0 Å². The number of para-hydroxylation sites is 1. The highest BCUT2D eigenvalue weighted by molar-refractivity contribution is 9.10. The highest BCUT2D eigenvalue weighted by atomic mass is 79.9. The molecule has 2 atom stereocenters. The smallest absolute Gasteiger partial charge is 0.326 e. The van der Waals surface area contributed by atoms with Crippen molar-refractivity contribution in [2.24, 2.45) is 5.73 Å². The Labute approximate surface area is 196 Å². The molecule has 0 fully saturated rings. The van der Waals surface area contributed by atoms with Crippen LogP contribution in [-0.2, 0) is 0 Å². The second-order valence-electron chi connectivity index (χ2n) is 7.69. The van der Waals surface area contributed by atoms with Crippen LogP contribution in [0.1, 0.15) is 39.1 Å². The van der Waals surface area contributed by atoms with Gasteiger partial charge in [0, 0.05) is 44.5 Å². The molecule has 0 aliphatic carbocycles. The van der Waals surface area contributed by atoms with E-state index in [1.165, 1.54) is 18.2 Å². The molecule has 0 saturated carbocycles. The van der Waals surface area contributed by atoms with E-state index < -0.39 is 11.9 Å². The lowest BCUT2D eigenvalue weighted by atomic mass is 9.96. The number of hydrogen-bond donors (Lipinski definition) is 3. The largest absolute Gasteiger partial charge is 0.341 e. The Morgan fingerprint density at radius 3 is 2.78 bits per heavy atom. The van der Waals surface area contributed by atoms with E-state index in [4.69, 9.17) is 17.3 Å². The van der Waals surface area contributed by atoms with Gasteiger partial charge in [0.15, 0.2) is 0 Å². The number of nitrogens with zero attached hydrogens (tertiary/aromatic N) is 1. The number of hydrogen-bond acceptors (Lipinski definition) is 3. The topological polar surface area (TPSA) is 87.5 Å². The van der Waals surface area contributed by atoms with Crippen LogP contribution < -0.4 is 21.3 Å². The van der Waals surface area contributed by atoms with Gasteiger partial charge < -0.3 is 16.4 Å². The number of halogens is 3. The molecule has 162 valence electrons. The number of benzene rings is 3. The van der Waals surface area contributed by atoms with Crippen LogP contribution in [0.5, 0.6) is 0 Å². The van der Waals surface area contributed by atoms with Gasteiger partial charge in [-0.25, -0.2) is 9.18 Å². The number of carbonyl (C=O) groups is 2. The second kappa shape index (κ2) is 7.88. The number of urea groups is 1. The number of carbonyl (C=O) groups excluding carboxylic acids is 2. The number of nitrogens with two attached hydrogens (primary N) is 1. The van der Waals surface area contributed by atoms with Crippen LogP contribution in [0, 0.1) is 5.82 Å². The summed E-state index contributed by atoms with van der Waals surface area (Å²) in [6.45, 7) is 0.331. The fraction of sp³-hybridized carbons (Fsp3) is 0.130. The van der Waals surface area contributed by atoms with Crippen molar-refractivity contribution in [2.45, 2.75) is 12.1 Å². The summed E-state index contributed by atoms with van der Waals surface area (Å²) in [7, 11) is 0. The first-order chi connectivity index (χ1) is 15.3. The molecule has 0 bridgehead atoms. The Morgan fingerprint density at radius 1 is 1.19 bits per heavy atom. The maximum Gasteiger partial charge on any atom is 0.326 e. The number of nitrogens with one attached hydrogen (secondary N) is 2. The Balaban J connectivity index is 1.55. The molecule has 5 rings (SSSR count). The third-order valence-corrected chi connectivity index (χ3v) is 6.52. The molecule has 0 saturated heterocycles. The Kier molecular flexibility index (Phi) is 5.16. The molecule has 32 heavy (non-hydrogen) atoms. The first-order valence-electron chi connectivity index (χ1n) is 9.86. The van der Waals surface area contributed by atoms with Gasteiger partial charge in [0.1, 0.15) is 5.82 Å². The van der Waals surface area contributed by atoms with Gasteiger partial charge in [0.2, 0.25) is 0 Å². The van der Waals surface area contributed by atoms with E-state index in [0.717, 1.165) is 11.3 Å². The number of amides is 3. The monoisotopic (exact) mass is 514 g/mol. The average Bonchev–Trinajstić information content (AvgIpc) is 3.27. The molecular weight excluding hydrogens is 499 g/mol. The minimum Gasteiger partial charge on any atom is -0.341 e. The average molecular weight is 516 g/mol. The van der Waals surface area contributed by atoms with Crippen LogP contribution in [0.3, 0.4) is 0 Å². The summed E-state index contributed by atoms with van der Waals surface area (Å²) in [4.78, 5) is 27.5. The van der Waals surface area contributed by atoms with Gasteiger partial charge in [-0.3, -0.25) is 9.69 Å². The van der Waals surface area contributed by atoms with E-state index in [2.05, 4.69) is 26.6 Å². The Bertz CT molecular complexity index is 1280. The predicted molar refractivity (Wildman–Crippen MR) is 125 cm³/mol. The highest BCUT2D eigenvalue weighted by Gasteiger charge is 2.36. The van der Waals surface area contributed by atoms with Crippen LogP contribution in [0.2, 0.25) is 5.02 Å². The van der Waals surface area contributed by atoms with Gasteiger partial charge in [-0.1, -0.05) is 45.7 Å². The maximum absolute atomic E-state index is 14.0. The van der Waals surface area contributed by atoms with E-state index in [0.29, 0.717) is 38.4 Å². The third kappa shape index (κ3) is 3.44. The van der Waals surface area contributed by atoms with Crippen LogP contribution >= 0.6 is 27.5 Å². The molecule has 2 unspecified atom stereocenters. The van der Waals surface area contributed by atoms with Crippen molar-refractivity contribution in [1.82, 2.24) is 5.32 Å². The molecular formula is C23H17BrClFN4O2. The molecule has 4 N–H and O–H groups in total. The van der Waals surface area contributed by atoms with Crippen LogP contribution in [0.25, 0.3) is 0 Å². The number of rotatable bonds is 2. The summed E-state index contributed by atoms with van der Waals surface area (Å²) in [6.07, 6.45) is 0. The van der Waals surface area contributed by atoms with Gasteiger partial charge in [-0.05, 0) is 42.0 Å². The molecule has 2 aliphatic rings. The van der Waals surface area contributed by atoms with E-state index in [9.17, 15) is 14.0 Å². The van der Waals surface area contributed by atoms with Crippen molar-refractivity contribution in [3.63, 3.8) is 0 Å². The minimum absolute atomic E-state index is 0.285. The second-order valence-corrected chi connectivity index (χ2v) is 9.02. The summed E-state index contributed by atoms with van der Waals surface area (Å²) in [5, 5.41) is 6.06. The third-order valence-electron chi connectivity index (χ3n) is 5.72. The molecule has 0 radical (unpaired) electrons. The lowest BCUT2D eigenvalue weighted by molar-refractivity contribution is 0.0960. The Morgan fingerprint density at radius 2 is 1.97 bits per heavy atom. The molecule has 3 aromatic carbocycles. The summed E-state index contributed by atoms with van der Waals surface area (Å²) in [5.74, 6) is -0.812. The first-order valence-corrected chi connectivity index (χ1v) is 11.0. The lowest BCUT2D eigenvalue weighted by Gasteiger charge is -2.22. The summed E-state index contributed by atoms with van der Waals surface area (Å²) < 4.78 is 14.6. The summed E-state index contributed by atoms with van der Waals surface area (Å²) in [6, 6.07) is 13.4. The van der Waals surface area contributed by atoms with Crippen molar-refractivity contribution < 1.29 is 14.0 Å². The quantitative estimate of drug-likeness (QED) is 0.442. The molecule has 0 spiro atoms. The van der Waals surface area contributed by atoms with Gasteiger partial charge in [-0.15, -0.1) is 0 Å². The fourth-order valence-corrected chi connectivity index (χ4v) is 4.97. The van der Waals surface area contributed by atoms with E-state index in [1.807, 2.05) is 24.3 Å². The fourth-order valence-electron chi connectivity index (χ4n) is 4.29. The molecule has 6 nitrogen and oxygen atoms in total. The van der Waals surface area contributed by atoms with Crippen molar-refractivity contribution in [1.29, 1.82) is 0 Å². The lowest BCUT2D eigenvalue weighted by Crippen LogP contribution is -2.35. The summed E-state index contributed by atoms with van der Waals surface area (Å²) >= 11 is 9.72. The van der Waals surface area contributed by atoms with Gasteiger partial charge in [0.05, 0.1) is 11.7 Å². The molecule has 2 aliphatic heterocycles.